The van der Waals surface area contributed by atoms with Crippen LogP contribution < -0.4 is 15.8 Å². The lowest BCUT2D eigenvalue weighted by molar-refractivity contribution is -0.117. The van der Waals surface area contributed by atoms with Crippen LogP contribution in [-0.2, 0) is 29.2 Å². The zero-order chi connectivity index (χ0) is 23.1. The second-order valence-electron chi connectivity index (χ2n) is 6.59. The molecule has 0 unspecified atom stereocenters. The molecular weight excluding hydrogens is 465 g/mol. The number of oxime groups is 1. The van der Waals surface area contributed by atoms with Crippen molar-refractivity contribution in [1.29, 1.82) is 0 Å². The van der Waals surface area contributed by atoms with E-state index in [0.29, 0.717) is 31.0 Å². The van der Waals surface area contributed by atoms with Gasteiger partial charge in [0.1, 0.15) is 0 Å². The number of nitrogens with zero attached hydrogens (tertiary/aromatic N) is 2. The van der Waals surface area contributed by atoms with E-state index in [1.165, 1.54) is 24.3 Å². The van der Waals surface area contributed by atoms with Crippen molar-refractivity contribution in [2.75, 3.05) is 25.1 Å². The normalized spacial score (nSPS) is 16.7. The van der Waals surface area contributed by atoms with Crippen LogP contribution >= 0.6 is 11.3 Å². The number of amides is 2. The molecule has 1 saturated heterocycles. The molecule has 1 atom stereocenters. The standard InChI is InChI=1S/C18H20FN5O6S2/c19-14-9-21-18(31-14)23-17(26)16(24-30-12-6-8-29-10-12)11-1-3-13(4-2-11)32(27,28)22-7-5-15(20)25/h1-4,9,12,22H,5-8,10H2,(H2,20,25)(H,21,23,26)/b24-16+/t12-/m1/s1. The summed E-state index contributed by atoms with van der Waals surface area (Å²) in [4.78, 5) is 32.6. The summed E-state index contributed by atoms with van der Waals surface area (Å²) < 4.78 is 45.3. The Morgan fingerprint density at radius 2 is 2.09 bits per heavy atom. The third kappa shape index (κ3) is 6.53. The van der Waals surface area contributed by atoms with E-state index in [1.807, 2.05) is 0 Å². The molecule has 1 aliphatic rings. The number of anilines is 1. The van der Waals surface area contributed by atoms with Crippen LogP contribution in [0.25, 0.3) is 0 Å². The Labute approximate surface area is 186 Å². The number of hydrogen-bond donors (Lipinski definition) is 3. The van der Waals surface area contributed by atoms with Crippen molar-refractivity contribution in [3.8, 4) is 0 Å². The van der Waals surface area contributed by atoms with Gasteiger partial charge in [0.2, 0.25) is 15.9 Å². The molecule has 14 heteroatoms. The minimum Gasteiger partial charge on any atom is -0.389 e. The van der Waals surface area contributed by atoms with E-state index < -0.39 is 27.0 Å². The number of hydrogen-bond acceptors (Lipinski definition) is 9. The van der Waals surface area contributed by atoms with Crippen molar-refractivity contribution < 1.29 is 32.0 Å². The number of primary amides is 1. The van der Waals surface area contributed by atoms with E-state index in [4.69, 9.17) is 15.3 Å². The number of ether oxygens (including phenoxy) is 1. The number of nitrogens with one attached hydrogen (secondary N) is 2. The summed E-state index contributed by atoms with van der Waals surface area (Å²) in [6.45, 7) is 0.690. The Kier molecular flexibility index (Phi) is 7.84. The summed E-state index contributed by atoms with van der Waals surface area (Å²) in [5, 5.41) is 5.82. The van der Waals surface area contributed by atoms with Gasteiger partial charge in [-0.25, -0.2) is 18.1 Å². The topological polar surface area (TPSA) is 162 Å². The van der Waals surface area contributed by atoms with Crippen LogP contribution in [0.3, 0.4) is 0 Å². The smallest absolute Gasteiger partial charge is 0.280 e. The predicted molar refractivity (Wildman–Crippen MR) is 113 cm³/mol. The highest BCUT2D eigenvalue weighted by Gasteiger charge is 2.22. The van der Waals surface area contributed by atoms with Gasteiger partial charge in [-0.1, -0.05) is 28.6 Å². The number of nitrogens with two attached hydrogens (primary N) is 1. The van der Waals surface area contributed by atoms with Crippen molar-refractivity contribution >= 4 is 44.0 Å². The molecule has 2 amide bonds. The Morgan fingerprint density at radius 3 is 2.69 bits per heavy atom. The van der Waals surface area contributed by atoms with Gasteiger partial charge >= 0.3 is 0 Å². The summed E-state index contributed by atoms with van der Waals surface area (Å²) in [5.74, 6) is -1.35. The third-order valence-electron chi connectivity index (χ3n) is 4.20. The SMILES string of the molecule is NC(=O)CCNS(=O)(=O)c1ccc(/C(=N\O[C@@H]2CCOC2)C(=O)Nc2ncc(F)s2)cc1. The highest BCUT2D eigenvalue weighted by Crippen LogP contribution is 2.18. The first kappa shape index (κ1) is 23.7. The second kappa shape index (κ2) is 10.6. The van der Waals surface area contributed by atoms with E-state index in [2.05, 4.69) is 20.2 Å². The molecule has 0 spiro atoms. The molecule has 0 aliphatic carbocycles. The first-order chi connectivity index (χ1) is 15.2. The largest absolute Gasteiger partial charge is 0.389 e. The van der Waals surface area contributed by atoms with E-state index in [0.717, 1.165) is 6.20 Å². The average molecular weight is 486 g/mol. The fraction of sp³-hybridized carbons (Fsp3) is 0.333. The van der Waals surface area contributed by atoms with Crippen molar-refractivity contribution in [2.45, 2.75) is 23.8 Å². The molecular formula is C18H20FN5O6S2. The van der Waals surface area contributed by atoms with Gasteiger partial charge in [-0.05, 0) is 12.1 Å². The molecule has 2 aromatic rings. The Morgan fingerprint density at radius 1 is 1.34 bits per heavy atom. The lowest BCUT2D eigenvalue weighted by Crippen LogP contribution is -2.28. The van der Waals surface area contributed by atoms with Gasteiger partial charge in [0.15, 0.2) is 22.1 Å². The fourth-order valence-corrected chi connectivity index (χ4v) is 4.17. The molecule has 2 heterocycles. The average Bonchev–Trinajstić information content (AvgIpc) is 3.40. The van der Waals surface area contributed by atoms with Gasteiger partial charge in [0, 0.05) is 24.9 Å². The number of rotatable bonds is 10. The summed E-state index contributed by atoms with van der Waals surface area (Å²) in [5.41, 5.74) is 5.11. The van der Waals surface area contributed by atoms with Crippen LogP contribution in [0.5, 0.6) is 0 Å². The van der Waals surface area contributed by atoms with Crippen LogP contribution in [0, 0.1) is 5.13 Å². The van der Waals surface area contributed by atoms with E-state index in [9.17, 15) is 22.4 Å². The van der Waals surface area contributed by atoms with Crippen LogP contribution in [0.1, 0.15) is 18.4 Å². The predicted octanol–water partition coefficient (Wildman–Crippen LogP) is 0.584. The van der Waals surface area contributed by atoms with Gasteiger partial charge in [-0.3, -0.25) is 14.9 Å². The molecule has 32 heavy (non-hydrogen) atoms. The van der Waals surface area contributed by atoms with Crippen LogP contribution in [0.15, 0.2) is 40.5 Å². The van der Waals surface area contributed by atoms with Crippen molar-refractivity contribution in [3.05, 3.63) is 41.2 Å². The van der Waals surface area contributed by atoms with Gasteiger partial charge in [-0.2, -0.15) is 4.39 Å². The Balaban J connectivity index is 1.79. The molecule has 0 bridgehead atoms. The third-order valence-corrected chi connectivity index (χ3v) is 6.37. The second-order valence-corrected chi connectivity index (χ2v) is 9.34. The van der Waals surface area contributed by atoms with E-state index in [-0.39, 0.29) is 40.4 Å². The molecule has 3 rings (SSSR count). The monoisotopic (exact) mass is 485 g/mol. The summed E-state index contributed by atoms with van der Waals surface area (Å²) in [6.07, 6.45) is 1.09. The minimum absolute atomic E-state index is 0.0299. The summed E-state index contributed by atoms with van der Waals surface area (Å²) in [7, 11) is -3.89. The lowest BCUT2D eigenvalue weighted by atomic mass is 10.1. The van der Waals surface area contributed by atoms with Gasteiger partial charge in [0.25, 0.3) is 5.91 Å². The number of carbonyl (C=O) groups is 2. The van der Waals surface area contributed by atoms with Gasteiger partial charge in [-0.15, -0.1) is 0 Å². The van der Waals surface area contributed by atoms with Crippen LogP contribution in [-0.4, -0.2) is 56.8 Å². The highest BCUT2D eigenvalue weighted by molar-refractivity contribution is 7.89. The van der Waals surface area contributed by atoms with Gasteiger partial charge in [0.05, 0.1) is 24.3 Å². The highest BCUT2D eigenvalue weighted by atomic mass is 32.2. The number of sulfonamides is 1. The molecule has 1 fully saturated rings. The number of halogens is 1. The molecule has 4 N–H and O–H groups in total. The van der Waals surface area contributed by atoms with E-state index in [1.54, 1.807) is 0 Å². The van der Waals surface area contributed by atoms with E-state index >= 15 is 0 Å². The molecule has 11 nitrogen and oxygen atoms in total. The maximum absolute atomic E-state index is 13.2. The zero-order valence-electron chi connectivity index (χ0n) is 16.6. The van der Waals surface area contributed by atoms with Crippen LogP contribution in [0.4, 0.5) is 9.52 Å². The number of aromatic nitrogens is 1. The quantitative estimate of drug-likeness (QED) is 0.327. The first-order valence-electron chi connectivity index (χ1n) is 9.37. The van der Waals surface area contributed by atoms with Crippen molar-refractivity contribution in [2.24, 2.45) is 10.9 Å². The van der Waals surface area contributed by atoms with Crippen LogP contribution in [0.2, 0.25) is 0 Å². The molecule has 1 aromatic carbocycles. The number of thiazole rings is 1. The van der Waals surface area contributed by atoms with Gasteiger partial charge < -0.3 is 15.3 Å². The minimum atomic E-state index is -3.89. The maximum Gasteiger partial charge on any atom is 0.280 e. The number of carbonyl (C=O) groups excluding carboxylic acids is 2. The molecule has 172 valence electrons. The Bertz CT molecular complexity index is 1100. The lowest BCUT2D eigenvalue weighted by Gasteiger charge is -2.11. The van der Waals surface area contributed by atoms with Crippen molar-refractivity contribution in [3.63, 3.8) is 0 Å². The molecule has 1 aliphatic heterocycles. The molecule has 0 radical (unpaired) electrons. The zero-order valence-corrected chi connectivity index (χ0v) is 18.2. The summed E-state index contributed by atoms with van der Waals surface area (Å²) in [6, 6.07) is 5.29. The summed E-state index contributed by atoms with van der Waals surface area (Å²) >= 11 is 0.641. The maximum atomic E-state index is 13.2. The Hall–Kier alpha value is -2.94. The molecule has 0 saturated carbocycles. The first-order valence-corrected chi connectivity index (χ1v) is 11.7. The fourth-order valence-electron chi connectivity index (χ4n) is 2.60. The number of benzene rings is 1. The molecule has 1 aromatic heterocycles. The van der Waals surface area contributed by atoms with Crippen molar-refractivity contribution in [1.82, 2.24) is 9.71 Å².